The van der Waals surface area contributed by atoms with Gasteiger partial charge < -0.3 is 4.74 Å². The third-order valence-electron chi connectivity index (χ3n) is 2.28. The molecule has 0 saturated heterocycles. The Bertz CT molecular complexity index is 462. The fourth-order valence-electron chi connectivity index (χ4n) is 1.24. The summed E-state index contributed by atoms with van der Waals surface area (Å²) in [5, 5.41) is 0.559. The number of carbonyl (C=O) groups excluding carboxylic acids is 2. The highest BCUT2D eigenvalue weighted by Gasteiger charge is 2.38. The van der Waals surface area contributed by atoms with Gasteiger partial charge in [-0.25, -0.2) is 4.79 Å². The molecule has 0 aliphatic rings. The fourth-order valence-corrected chi connectivity index (χ4v) is 2.57. The van der Waals surface area contributed by atoms with Crippen molar-refractivity contribution in [3.05, 3.63) is 10.2 Å². The van der Waals surface area contributed by atoms with Gasteiger partial charge in [-0.15, -0.1) is 0 Å². The zero-order valence-electron chi connectivity index (χ0n) is 10.1. The summed E-state index contributed by atoms with van der Waals surface area (Å²) in [6.45, 7) is 5.04. The minimum absolute atomic E-state index is 0.100. The molecule has 0 bridgehead atoms. The van der Waals surface area contributed by atoms with Gasteiger partial charge in [0.2, 0.25) is 6.41 Å². The molecule has 1 heterocycles. The van der Waals surface area contributed by atoms with Gasteiger partial charge in [-0.3, -0.25) is 9.69 Å². The monoisotopic (exact) mass is 310 g/mol. The van der Waals surface area contributed by atoms with Gasteiger partial charge in [0.15, 0.2) is 5.15 Å². The van der Waals surface area contributed by atoms with Crippen molar-refractivity contribution < 1.29 is 14.3 Å². The summed E-state index contributed by atoms with van der Waals surface area (Å²) in [6.07, 6.45) is 0.507. The molecule has 1 aromatic rings. The maximum Gasteiger partial charge on any atom is 0.331 e. The first-order valence-electron chi connectivity index (χ1n) is 5.08. The number of anilines is 1. The summed E-state index contributed by atoms with van der Waals surface area (Å²) in [6, 6.07) is 0. The van der Waals surface area contributed by atoms with E-state index in [2.05, 4.69) is 4.37 Å². The summed E-state index contributed by atoms with van der Waals surface area (Å²) in [5.74, 6) is -0.530. The van der Waals surface area contributed by atoms with Crippen LogP contribution in [0.3, 0.4) is 0 Å². The number of amides is 1. The maximum atomic E-state index is 11.8. The first-order chi connectivity index (χ1) is 8.36. The van der Waals surface area contributed by atoms with Crippen LogP contribution in [0.15, 0.2) is 0 Å². The number of hydrogen-bond donors (Lipinski definition) is 0. The summed E-state index contributed by atoms with van der Waals surface area (Å²) in [7, 11) is 0. The van der Waals surface area contributed by atoms with Crippen molar-refractivity contribution in [1.82, 2.24) is 4.37 Å². The predicted octanol–water partition coefficient (Wildman–Crippen LogP) is 2.75. The standard InChI is InChI=1S/C10H12Cl2N2O3S/c1-4-17-9(16)10(2,3)14(5-15)8-6(11)7(12)13-18-8/h5H,4H2,1-3H3. The summed E-state index contributed by atoms with van der Waals surface area (Å²) < 4.78 is 8.75. The van der Waals surface area contributed by atoms with Gasteiger partial charge in [-0.2, -0.15) is 4.37 Å². The van der Waals surface area contributed by atoms with E-state index in [4.69, 9.17) is 27.9 Å². The average Bonchev–Trinajstić information content (AvgIpc) is 2.62. The molecule has 0 saturated carbocycles. The number of aromatic nitrogens is 1. The number of rotatable bonds is 5. The summed E-state index contributed by atoms with van der Waals surface area (Å²) >= 11 is 12.6. The van der Waals surface area contributed by atoms with E-state index in [1.54, 1.807) is 20.8 Å². The Labute approximate surface area is 119 Å². The molecular weight excluding hydrogens is 299 g/mol. The molecule has 0 aliphatic heterocycles. The normalized spacial score (nSPS) is 11.2. The third kappa shape index (κ3) is 2.76. The Morgan fingerprint density at radius 1 is 1.56 bits per heavy atom. The number of nitrogens with zero attached hydrogens (tertiary/aromatic N) is 2. The highest BCUT2D eigenvalue weighted by Crippen LogP contribution is 2.38. The molecule has 0 spiro atoms. The minimum atomic E-state index is -1.18. The second-order valence-corrected chi connectivity index (χ2v) is 5.34. The summed E-state index contributed by atoms with van der Waals surface area (Å²) in [4.78, 5) is 24.2. The van der Waals surface area contributed by atoms with E-state index >= 15 is 0 Å². The van der Waals surface area contributed by atoms with Gasteiger partial charge >= 0.3 is 5.97 Å². The van der Waals surface area contributed by atoms with Gasteiger partial charge in [0, 0.05) is 0 Å². The van der Waals surface area contributed by atoms with Crippen molar-refractivity contribution >= 4 is 52.1 Å². The first-order valence-corrected chi connectivity index (χ1v) is 6.61. The van der Waals surface area contributed by atoms with Crippen LogP contribution in [0.1, 0.15) is 20.8 Å². The Kier molecular flexibility index (Phi) is 4.95. The molecule has 1 rings (SSSR count). The van der Waals surface area contributed by atoms with E-state index in [9.17, 15) is 9.59 Å². The molecule has 0 aliphatic carbocycles. The van der Waals surface area contributed by atoms with E-state index < -0.39 is 11.5 Å². The van der Waals surface area contributed by atoms with Crippen molar-refractivity contribution in [3.63, 3.8) is 0 Å². The Morgan fingerprint density at radius 2 is 2.17 bits per heavy atom. The molecule has 0 atom stereocenters. The van der Waals surface area contributed by atoms with Gasteiger partial charge in [-0.1, -0.05) is 23.2 Å². The second-order valence-electron chi connectivity index (χ2n) is 3.85. The molecule has 8 heteroatoms. The van der Waals surface area contributed by atoms with E-state index in [1.165, 1.54) is 0 Å². The van der Waals surface area contributed by atoms with E-state index in [1.807, 2.05) is 0 Å². The van der Waals surface area contributed by atoms with Crippen molar-refractivity contribution in [3.8, 4) is 0 Å². The number of carbonyl (C=O) groups is 2. The van der Waals surface area contributed by atoms with E-state index in [0.717, 1.165) is 16.4 Å². The lowest BCUT2D eigenvalue weighted by Crippen LogP contribution is -2.50. The fraction of sp³-hybridized carbons (Fsp3) is 0.500. The molecule has 0 radical (unpaired) electrons. The predicted molar refractivity (Wildman–Crippen MR) is 71.4 cm³/mol. The molecule has 0 aromatic carbocycles. The highest BCUT2D eigenvalue weighted by molar-refractivity contribution is 7.11. The lowest BCUT2D eigenvalue weighted by atomic mass is 10.0. The van der Waals surface area contributed by atoms with Crippen molar-refractivity contribution in [1.29, 1.82) is 0 Å². The summed E-state index contributed by atoms with van der Waals surface area (Å²) in [5.41, 5.74) is -1.18. The van der Waals surface area contributed by atoms with Crippen LogP contribution >= 0.6 is 34.7 Å². The molecule has 0 fully saturated rings. The van der Waals surface area contributed by atoms with Crippen LogP contribution < -0.4 is 4.90 Å². The molecule has 1 aromatic heterocycles. The van der Waals surface area contributed by atoms with Gasteiger partial charge in [0.05, 0.1) is 6.61 Å². The largest absolute Gasteiger partial charge is 0.464 e. The molecule has 1 amide bonds. The first kappa shape index (κ1) is 15.2. The van der Waals surface area contributed by atoms with E-state index in [-0.39, 0.29) is 16.8 Å². The Balaban J connectivity index is 3.14. The quantitative estimate of drug-likeness (QED) is 0.620. The van der Waals surface area contributed by atoms with Gasteiger partial charge in [0.1, 0.15) is 15.6 Å². The molecule has 0 N–H and O–H groups in total. The van der Waals surface area contributed by atoms with Crippen LogP contribution in [-0.2, 0) is 14.3 Å². The van der Waals surface area contributed by atoms with Crippen LogP contribution in [0.4, 0.5) is 5.00 Å². The van der Waals surface area contributed by atoms with E-state index in [0.29, 0.717) is 11.4 Å². The van der Waals surface area contributed by atoms with Crippen LogP contribution in [0.5, 0.6) is 0 Å². The average molecular weight is 311 g/mol. The molecular formula is C10H12Cl2N2O3S. The van der Waals surface area contributed by atoms with Gasteiger partial charge in [0.25, 0.3) is 0 Å². The van der Waals surface area contributed by atoms with Crippen LogP contribution in [-0.4, -0.2) is 28.9 Å². The van der Waals surface area contributed by atoms with Crippen LogP contribution in [0, 0.1) is 0 Å². The lowest BCUT2D eigenvalue weighted by molar-refractivity contribution is -0.149. The van der Waals surface area contributed by atoms with Gasteiger partial charge in [-0.05, 0) is 32.3 Å². The lowest BCUT2D eigenvalue weighted by Gasteiger charge is -2.31. The third-order valence-corrected chi connectivity index (χ3v) is 4.07. The Morgan fingerprint density at radius 3 is 2.56 bits per heavy atom. The number of esters is 1. The van der Waals surface area contributed by atoms with Crippen molar-refractivity contribution in [2.75, 3.05) is 11.5 Å². The molecule has 100 valence electrons. The number of halogens is 2. The topological polar surface area (TPSA) is 59.5 Å². The zero-order chi connectivity index (χ0) is 13.9. The smallest absolute Gasteiger partial charge is 0.331 e. The molecule has 5 nitrogen and oxygen atoms in total. The second kappa shape index (κ2) is 5.86. The van der Waals surface area contributed by atoms with Crippen molar-refractivity contribution in [2.45, 2.75) is 26.3 Å². The highest BCUT2D eigenvalue weighted by atomic mass is 35.5. The van der Waals surface area contributed by atoms with Crippen molar-refractivity contribution in [2.24, 2.45) is 0 Å². The van der Waals surface area contributed by atoms with Crippen LogP contribution in [0.25, 0.3) is 0 Å². The molecule has 0 unspecified atom stereocenters. The minimum Gasteiger partial charge on any atom is -0.464 e. The zero-order valence-corrected chi connectivity index (χ0v) is 12.4. The molecule has 18 heavy (non-hydrogen) atoms. The SMILES string of the molecule is CCOC(=O)C(C)(C)N(C=O)c1snc(Cl)c1Cl. The maximum absolute atomic E-state index is 11.8. The Hall–Kier alpha value is -0.850. The van der Waals surface area contributed by atoms with Crippen LogP contribution in [0.2, 0.25) is 10.2 Å². The number of ether oxygens (including phenoxy) is 1. The number of hydrogen-bond acceptors (Lipinski definition) is 5.